The van der Waals surface area contributed by atoms with Crippen LogP contribution < -0.4 is 4.74 Å². The summed E-state index contributed by atoms with van der Waals surface area (Å²) in [6.07, 6.45) is 1.36. The van der Waals surface area contributed by atoms with E-state index >= 15 is 0 Å². The zero-order valence-electron chi connectivity index (χ0n) is 9.79. The lowest BCUT2D eigenvalue weighted by atomic mass is 10.0. The van der Waals surface area contributed by atoms with Gasteiger partial charge in [0, 0.05) is 5.33 Å². The van der Waals surface area contributed by atoms with E-state index in [0.29, 0.717) is 17.5 Å². The number of aryl methyl sites for hydroxylation is 1. The van der Waals surface area contributed by atoms with Crippen LogP contribution in [-0.2, 0) is 11.2 Å². The van der Waals surface area contributed by atoms with Crippen LogP contribution in [-0.4, -0.2) is 25.0 Å². The Morgan fingerprint density at radius 2 is 2.17 bits per heavy atom. The Kier molecular flexibility index (Phi) is 6.04. The maximum absolute atomic E-state index is 12.1. The van der Waals surface area contributed by atoms with E-state index in [1.54, 1.807) is 0 Å². The second kappa shape index (κ2) is 7.31. The number of carbonyl (C=O) groups excluding carboxylic acids is 1. The average molecular weight is 323 g/mol. The summed E-state index contributed by atoms with van der Waals surface area (Å²) in [7, 11) is 1.28. The molecule has 0 fully saturated rings. The molecule has 1 aromatic carbocycles. The maximum Gasteiger partial charge on any atom is 0.387 e. The van der Waals surface area contributed by atoms with Crippen LogP contribution in [0.5, 0.6) is 5.75 Å². The first-order chi connectivity index (χ1) is 8.58. The second-order valence-corrected chi connectivity index (χ2v) is 4.27. The predicted octanol–water partition coefficient (Wildman–Crippen LogP) is 3.40. The van der Waals surface area contributed by atoms with Crippen molar-refractivity contribution in [3.05, 3.63) is 29.3 Å². The number of methoxy groups -OCH3 is 1. The molecule has 0 aliphatic heterocycles. The lowest BCUT2D eigenvalue weighted by Gasteiger charge is -2.10. The number of rotatable bonds is 6. The minimum Gasteiger partial charge on any atom is -0.465 e. The highest BCUT2D eigenvalue weighted by molar-refractivity contribution is 9.09. The van der Waals surface area contributed by atoms with Gasteiger partial charge in [-0.3, -0.25) is 0 Å². The van der Waals surface area contributed by atoms with E-state index in [1.165, 1.54) is 25.3 Å². The number of hydrogen-bond donors (Lipinski definition) is 0. The molecule has 0 heterocycles. The van der Waals surface area contributed by atoms with Crippen molar-refractivity contribution < 1.29 is 23.0 Å². The Balaban J connectivity index is 2.99. The van der Waals surface area contributed by atoms with Crippen molar-refractivity contribution >= 4 is 21.9 Å². The van der Waals surface area contributed by atoms with Gasteiger partial charge >= 0.3 is 12.6 Å². The Bertz CT molecular complexity index is 410. The van der Waals surface area contributed by atoms with E-state index in [9.17, 15) is 13.6 Å². The molecule has 0 saturated heterocycles. The van der Waals surface area contributed by atoms with Crippen LogP contribution in [0, 0.1) is 0 Å². The first-order valence-corrected chi connectivity index (χ1v) is 6.42. The lowest BCUT2D eigenvalue weighted by molar-refractivity contribution is -0.0498. The van der Waals surface area contributed by atoms with E-state index in [-0.39, 0.29) is 5.75 Å². The van der Waals surface area contributed by atoms with Gasteiger partial charge in [-0.1, -0.05) is 15.9 Å². The number of carbonyl (C=O) groups is 1. The topological polar surface area (TPSA) is 35.5 Å². The highest BCUT2D eigenvalue weighted by atomic mass is 79.9. The van der Waals surface area contributed by atoms with Gasteiger partial charge in [0.25, 0.3) is 0 Å². The largest absolute Gasteiger partial charge is 0.465 e. The quantitative estimate of drug-likeness (QED) is 0.594. The molecule has 1 rings (SSSR count). The summed E-state index contributed by atoms with van der Waals surface area (Å²) >= 11 is 3.28. The van der Waals surface area contributed by atoms with Gasteiger partial charge in [-0.05, 0) is 36.6 Å². The molecule has 0 amide bonds. The molecule has 0 aliphatic carbocycles. The molecule has 18 heavy (non-hydrogen) atoms. The van der Waals surface area contributed by atoms with Gasteiger partial charge in [0.15, 0.2) is 0 Å². The minimum absolute atomic E-state index is 0.0437. The zero-order valence-corrected chi connectivity index (χ0v) is 11.4. The Hall–Kier alpha value is -1.17. The highest BCUT2D eigenvalue weighted by Crippen LogP contribution is 2.22. The highest BCUT2D eigenvalue weighted by Gasteiger charge is 2.14. The van der Waals surface area contributed by atoms with Crippen molar-refractivity contribution in [1.82, 2.24) is 0 Å². The molecule has 0 saturated carbocycles. The van der Waals surface area contributed by atoms with Crippen LogP contribution in [0.3, 0.4) is 0 Å². The van der Waals surface area contributed by atoms with Crippen molar-refractivity contribution in [2.75, 3.05) is 12.4 Å². The van der Waals surface area contributed by atoms with Crippen molar-refractivity contribution in [3.63, 3.8) is 0 Å². The normalized spacial score (nSPS) is 10.5. The number of hydrogen-bond acceptors (Lipinski definition) is 3. The Morgan fingerprint density at radius 1 is 1.44 bits per heavy atom. The van der Waals surface area contributed by atoms with Gasteiger partial charge in [-0.2, -0.15) is 8.78 Å². The molecule has 0 spiro atoms. The summed E-state index contributed by atoms with van der Waals surface area (Å²) in [5.41, 5.74) is 1.01. The number of halogens is 3. The summed E-state index contributed by atoms with van der Waals surface area (Å²) in [5.74, 6) is -0.439. The van der Waals surface area contributed by atoms with Crippen LogP contribution in [0.25, 0.3) is 0 Å². The second-order valence-electron chi connectivity index (χ2n) is 3.48. The molecule has 0 atom stereocenters. The molecule has 0 aromatic heterocycles. The average Bonchev–Trinajstić information content (AvgIpc) is 2.35. The van der Waals surface area contributed by atoms with E-state index in [1.807, 2.05) is 0 Å². The fourth-order valence-electron chi connectivity index (χ4n) is 1.52. The molecule has 6 heteroatoms. The first-order valence-electron chi connectivity index (χ1n) is 5.30. The van der Waals surface area contributed by atoms with Crippen LogP contribution in [0.15, 0.2) is 18.2 Å². The number of ether oxygens (including phenoxy) is 2. The first kappa shape index (κ1) is 14.9. The molecular weight excluding hydrogens is 310 g/mol. The predicted molar refractivity (Wildman–Crippen MR) is 66.5 cm³/mol. The maximum atomic E-state index is 12.1. The summed E-state index contributed by atoms with van der Waals surface area (Å²) in [5, 5.41) is 0.757. The van der Waals surface area contributed by atoms with E-state index in [2.05, 4.69) is 25.4 Å². The number of benzene rings is 1. The van der Waals surface area contributed by atoms with Crippen LogP contribution in [0.1, 0.15) is 22.3 Å². The summed E-state index contributed by atoms with van der Waals surface area (Å²) < 4.78 is 33.2. The summed E-state index contributed by atoms with van der Waals surface area (Å²) in [4.78, 5) is 11.5. The molecule has 100 valence electrons. The van der Waals surface area contributed by atoms with Gasteiger partial charge in [-0.25, -0.2) is 4.79 Å². The molecular formula is C12H13BrF2O3. The molecule has 0 aliphatic rings. The Morgan fingerprint density at radius 3 is 2.72 bits per heavy atom. The van der Waals surface area contributed by atoms with Crippen molar-refractivity contribution in [2.45, 2.75) is 19.5 Å². The van der Waals surface area contributed by atoms with Crippen LogP contribution in [0.2, 0.25) is 0 Å². The SMILES string of the molecule is COC(=O)c1ccc(OC(F)F)cc1CCCBr. The zero-order chi connectivity index (χ0) is 13.5. The third-order valence-electron chi connectivity index (χ3n) is 2.29. The van der Waals surface area contributed by atoms with Crippen molar-refractivity contribution in [2.24, 2.45) is 0 Å². The van der Waals surface area contributed by atoms with Crippen LogP contribution in [0.4, 0.5) is 8.78 Å². The molecule has 0 radical (unpaired) electrons. The van der Waals surface area contributed by atoms with Gasteiger partial charge in [0.1, 0.15) is 5.75 Å². The summed E-state index contributed by atoms with van der Waals surface area (Å²) in [6.45, 7) is -2.88. The Labute approximate surface area is 112 Å². The lowest BCUT2D eigenvalue weighted by Crippen LogP contribution is -2.08. The fourth-order valence-corrected chi connectivity index (χ4v) is 1.80. The number of alkyl halides is 3. The van der Waals surface area contributed by atoms with Crippen molar-refractivity contribution in [3.8, 4) is 5.75 Å². The van der Waals surface area contributed by atoms with Gasteiger partial charge in [0.05, 0.1) is 12.7 Å². The minimum atomic E-state index is -2.88. The molecule has 0 unspecified atom stereocenters. The number of esters is 1. The van der Waals surface area contributed by atoms with E-state index in [4.69, 9.17) is 0 Å². The molecule has 0 N–H and O–H groups in total. The van der Waals surface area contributed by atoms with Gasteiger partial charge in [0.2, 0.25) is 0 Å². The smallest absolute Gasteiger partial charge is 0.387 e. The van der Waals surface area contributed by atoms with Gasteiger partial charge in [-0.15, -0.1) is 0 Å². The third-order valence-corrected chi connectivity index (χ3v) is 2.85. The fraction of sp³-hybridized carbons (Fsp3) is 0.417. The van der Waals surface area contributed by atoms with Crippen LogP contribution >= 0.6 is 15.9 Å². The monoisotopic (exact) mass is 322 g/mol. The molecule has 1 aromatic rings. The standard InChI is InChI=1S/C12H13BrF2O3/c1-17-11(16)10-5-4-9(18-12(14)15)7-8(10)3-2-6-13/h4-5,7,12H,2-3,6H2,1H3. The van der Waals surface area contributed by atoms with E-state index in [0.717, 1.165) is 11.8 Å². The molecule has 0 bridgehead atoms. The summed E-state index contributed by atoms with van der Waals surface area (Å²) in [6, 6.07) is 4.21. The molecule has 3 nitrogen and oxygen atoms in total. The third kappa shape index (κ3) is 4.25. The van der Waals surface area contributed by atoms with E-state index < -0.39 is 12.6 Å². The van der Waals surface area contributed by atoms with Crippen molar-refractivity contribution in [1.29, 1.82) is 0 Å². The van der Waals surface area contributed by atoms with Gasteiger partial charge < -0.3 is 9.47 Å².